The van der Waals surface area contributed by atoms with Crippen LogP contribution in [0.25, 0.3) is 0 Å². The Hall–Kier alpha value is -2.41. The van der Waals surface area contributed by atoms with Gasteiger partial charge in [0.25, 0.3) is 10.0 Å². The first kappa shape index (κ1) is 15.0. The molecular formula is C14H16N2O4S. The second-order valence-corrected chi connectivity index (χ2v) is 6.17. The number of methoxy groups -OCH3 is 1. The van der Waals surface area contributed by atoms with Gasteiger partial charge in [-0.05, 0) is 30.7 Å². The highest BCUT2D eigenvalue weighted by Gasteiger charge is 2.20. The van der Waals surface area contributed by atoms with Crippen molar-refractivity contribution in [3.8, 4) is 11.5 Å². The standard InChI is InChI=1S/C14H16N2O4S/c1-9-3-5-11(8-12(9)17)16-21(18,19)14-6-4-10(15)7-13(14)20-2/h3-8,16-17H,15H2,1-2H3. The second kappa shape index (κ2) is 5.53. The quantitative estimate of drug-likeness (QED) is 0.751. The number of aryl methyl sites for hydroxylation is 1. The minimum absolute atomic E-state index is 0.0134. The number of phenolic OH excluding ortho intramolecular Hbond substituents is 1. The molecule has 0 aliphatic rings. The molecule has 4 N–H and O–H groups in total. The Morgan fingerprint density at radius 2 is 1.90 bits per heavy atom. The third kappa shape index (κ3) is 3.19. The van der Waals surface area contributed by atoms with Crippen LogP contribution in [0.4, 0.5) is 11.4 Å². The van der Waals surface area contributed by atoms with Gasteiger partial charge in [0.05, 0.1) is 12.8 Å². The lowest BCUT2D eigenvalue weighted by Gasteiger charge is -2.12. The van der Waals surface area contributed by atoms with Crippen LogP contribution in [0.1, 0.15) is 5.56 Å². The maximum atomic E-state index is 12.4. The Morgan fingerprint density at radius 1 is 1.19 bits per heavy atom. The summed E-state index contributed by atoms with van der Waals surface area (Å²) in [7, 11) is -2.48. The molecule has 2 aromatic rings. The molecule has 0 radical (unpaired) electrons. The molecule has 0 heterocycles. The fraction of sp³-hybridized carbons (Fsp3) is 0.143. The molecule has 6 nitrogen and oxygen atoms in total. The maximum absolute atomic E-state index is 12.4. The number of sulfonamides is 1. The highest BCUT2D eigenvalue weighted by Crippen LogP contribution is 2.29. The van der Waals surface area contributed by atoms with Crippen LogP contribution in [-0.2, 0) is 10.0 Å². The minimum atomic E-state index is -3.84. The summed E-state index contributed by atoms with van der Waals surface area (Å²) in [6.45, 7) is 1.72. The summed E-state index contributed by atoms with van der Waals surface area (Å²) in [5, 5.41) is 9.63. The summed E-state index contributed by atoms with van der Waals surface area (Å²) < 4.78 is 32.2. The molecule has 2 rings (SSSR count). The van der Waals surface area contributed by atoms with E-state index in [4.69, 9.17) is 10.5 Å². The number of nitrogens with one attached hydrogen (secondary N) is 1. The van der Waals surface area contributed by atoms with Crippen LogP contribution in [0.15, 0.2) is 41.3 Å². The molecule has 0 aliphatic heterocycles. The molecule has 21 heavy (non-hydrogen) atoms. The number of ether oxygens (including phenoxy) is 1. The van der Waals surface area contributed by atoms with Gasteiger partial charge in [-0.2, -0.15) is 0 Å². The largest absolute Gasteiger partial charge is 0.508 e. The molecule has 0 aliphatic carbocycles. The SMILES string of the molecule is COc1cc(N)ccc1S(=O)(=O)Nc1ccc(C)c(O)c1. The van der Waals surface area contributed by atoms with E-state index in [1.807, 2.05) is 0 Å². The highest BCUT2D eigenvalue weighted by atomic mass is 32.2. The fourth-order valence-electron chi connectivity index (χ4n) is 1.79. The summed E-state index contributed by atoms with van der Waals surface area (Å²) in [5.41, 5.74) is 6.93. The Kier molecular flexibility index (Phi) is 3.95. The molecule has 7 heteroatoms. The number of phenols is 1. The van der Waals surface area contributed by atoms with E-state index < -0.39 is 10.0 Å². The van der Waals surface area contributed by atoms with Crippen LogP contribution in [0.2, 0.25) is 0 Å². The van der Waals surface area contributed by atoms with Crippen molar-refractivity contribution in [3.63, 3.8) is 0 Å². The second-order valence-electron chi connectivity index (χ2n) is 4.52. The van der Waals surface area contributed by atoms with Gasteiger partial charge >= 0.3 is 0 Å². The predicted molar refractivity (Wildman–Crippen MR) is 81.1 cm³/mol. The van der Waals surface area contributed by atoms with Gasteiger partial charge in [0.15, 0.2) is 0 Å². The molecule has 2 aromatic carbocycles. The van der Waals surface area contributed by atoms with Crippen LogP contribution in [0.5, 0.6) is 11.5 Å². The first-order valence-electron chi connectivity index (χ1n) is 6.09. The van der Waals surface area contributed by atoms with Crippen LogP contribution < -0.4 is 15.2 Å². The van der Waals surface area contributed by atoms with Crippen LogP contribution in [0.3, 0.4) is 0 Å². The van der Waals surface area contributed by atoms with Crippen LogP contribution >= 0.6 is 0 Å². The number of rotatable bonds is 4. The first-order chi connectivity index (χ1) is 9.83. The summed E-state index contributed by atoms with van der Waals surface area (Å²) in [6, 6.07) is 8.80. The molecule has 0 atom stereocenters. The smallest absolute Gasteiger partial charge is 0.265 e. The summed E-state index contributed by atoms with van der Waals surface area (Å²) in [5.74, 6) is 0.165. The number of hydrogen-bond acceptors (Lipinski definition) is 5. The average Bonchev–Trinajstić information content (AvgIpc) is 2.42. The van der Waals surface area contributed by atoms with Crippen molar-refractivity contribution in [2.24, 2.45) is 0 Å². The normalized spacial score (nSPS) is 11.1. The zero-order valence-electron chi connectivity index (χ0n) is 11.6. The van der Waals surface area contributed by atoms with Gasteiger partial charge < -0.3 is 15.6 Å². The van der Waals surface area contributed by atoms with Crippen molar-refractivity contribution in [1.29, 1.82) is 0 Å². The van der Waals surface area contributed by atoms with E-state index in [9.17, 15) is 13.5 Å². The third-order valence-electron chi connectivity index (χ3n) is 2.94. The maximum Gasteiger partial charge on any atom is 0.265 e. The Morgan fingerprint density at radius 3 is 2.52 bits per heavy atom. The average molecular weight is 308 g/mol. The van der Waals surface area contributed by atoms with Gasteiger partial charge in [0, 0.05) is 17.8 Å². The zero-order chi connectivity index (χ0) is 15.6. The van der Waals surface area contributed by atoms with Crippen molar-refractivity contribution in [3.05, 3.63) is 42.0 Å². The summed E-state index contributed by atoms with van der Waals surface area (Å²) >= 11 is 0. The molecule has 0 saturated heterocycles. The predicted octanol–water partition coefficient (Wildman–Crippen LogP) is 2.09. The molecule has 0 amide bonds. The van der Waals surface area contributed by atoms with E-state index >= 15 is 0 Å². The van der Waals surface area contributed by atoms with Gasteiger partial charge in [-0.1, -0.05) is 6.07 Å². The van der Waals surface area contributed by atoms with Gasteiger partial charge in [-0.3, -0.25) is 4.72 Å². The fourth-order valence-corrected chi connectivity index (χ4v) is 2.99. The lowest BCUT2D eigenvalue weighted by molar-refractivity contribution is 0.403. The van der Waals surface area contributed by atoms with E-state index in [1.54, 1.807) is 19.1 Å². The van der Waals surface area contributed by atoms with Crippen molar-refractivity contribution >= 4 is 21.4 Å². The van der Waals surface area contributed by atoms with Crippen molar-refractivity contribution in [1.82, 2.24) is 0 Å². The van der Waals surface area contributed by atoms with Gasteiger partial charge in [-0.25, -0.2) is 8.42 Å². The van der Waals surface area contributed by atoms with Crippen molar-refractivity contribution in [2.45, 2.75) is 11.8 Å². The van der Waals surface area contributed by atoms with E-state index in [0.717, 1.165) is 0 Å². The summed E-state index contributed by atoms with van der Waals surface area (Å²) in [4.78, 5) is -0.0285. The lowest BCUT2D eigenvalue weighted by atomic mass is 10.2. The first-order valence-corrected chi connectivity index (χ1v) is 7.58. The molecular weight excluding hydrogens is 292 g/mol. The van der Waals surface area contributed by atoms with Gasteiger partial charge in [-0.15, -0.1) is 0 Å². The number of aromatic hydroxyl groups is 1. The molecule has 0 unspecified atom stereocenters. The Bertz CT molecular complexity index is 773. The minimum Gasteiger partial charge on any atom is -0.508 e. The number of hydrogen-bond donors (Lipinski definition) is 3. The van der Waals surface area contributed by atoms with Crippen molar-refractivity contribution in [2.75, 3.05) is 17.6 Å². The number of nitrogen functional groups attached to an aromatic ring is 1. The van der Waals surface area contributed by atoms with E-state index in [1.165, 1.54) is 31.4 Å². The highest BCUT2D eigenvalue weighted by molar-refractivity contribution is 7.92. The molecule has 0 spiro atoms. The lowest BCUT2D eigenvalue weighted by Crippen LogP contribution is -2.14. The van der Waals surface area contributed by atoms with Crippen LogP contribution in [0, 0.1) is 6.92 Å². The zero-order valence-corrected chi connectivity index (χ0v) is 12.4. The third-order valence-corrected chi connectivity index (χ3v) is 4.36. The molecule has 0 bridgehead atoms. The van der Waals surface area contributed by atoms with Crippen LogP contribution in [-0.4, -0.2) is 20.6 Å². The van der Waals surface area contributed by atoms with E-state index in [2.05, 4.69) is 4.72 Å². The molecule has 0 aromatic heterocycles. The van der Waals surface area contributed by atoms with E-state index in [-0.39, 0.29) is 22.1 Å². The molecule has 0 saturated carbocycles. The topological polar surface area (TPSA) is 102 Å². The van der Waals surface area contributed by atoms with E-state index in [0.29, 0.717) is 11.3 Å². The number of anilines is 2. The van der Waals surface area contributed by atoms with Gasteiger partial charge in [0.2, 0.25) is 0 Å². The number of nitrogens with two attached hydrogens (primary N) is 1. The Labute approximate surface area is 123 Å². The molecule has 0 fully saturated rings. The van der Waals surface area contributed by atoms with Crippen molar-refractivity contribution < 1.29 is 18.3 Å². The number of benzene rings is 2. The van der Waals surface area contributed by atoms with Gasteiger partial charge in [0.1, 0.15) is 16.4 Å². The summed E-state index contributed by atoms with van der Waals surface area (Å²) in [6.07, 6.45) is 0. The molecule has 112 valence electrons. The monoisotopic (exact) mass is 308 g/mol. The Balaban J connectivity index is 2.40.